The number of carbonyl (C=O) groups is 3. The number of ether oxygens (including phenoxy) is 1. The Morgan fingerprint density at radius 3 is 2.48 bits per heavy atom. The molecule has 3 rings (SSSR count). The van der Waals surface area contributed by atoms with E-state index in [1.807, 2.05) is 37.3 Å². The van der Waals surface area contributed by atoms with Gasteiger partial charge in [-0.3, -0.25) is 14.4 Å². The van der Waals surface area contributed by atoms with Crippen molar-refractivity contribution in [1.82, 2.24) is 9.80 Å². The second-order valence-corrected chi connectivity index (χ2v) is 7.99. The van der Waals surface area contributed by atoms with Gasteiger partial charge in [-0.05, 0) is 49.1 Å². The molecule has 0 bridgehead atoms. The molecule has 0 spiro atoms. The van der Waals surface area contributed by atoms with E-state index in [0.717, 1.165) is 5.56 Å². The van der Waals surface area contributed by atoms with Crippen molar-refractivity contribution >= 4 is 23.9 Å². The average molecular weight is 453 g/mol. The molecule has 0 radical (unpaired) electrons. The van der Waals surface area contributed by atoms with E-state index in [1.54, 1.807) is 29.2 Å². The first kappa shape index (κ1) is 24.2. The summed E-state index contributed by atoms with van der Waals surface area (Å²) in [6.07, 6.45) is 4.32. The van der Waals surface area contributed by atoms with Crippen LogP contribution in [0.4, 0.5) is 4.39 Å². The number of likely N-dealkylation sites (N-methyl/N-ethyl adjacent to an activating group) is 1. The van der Waals surface area contributed by atoms with Gasteiger partial charge >= 0.3 is 5.97 Å². The number of carbonyl (C=O) groups excluding carboxylic acids is 3. The third kappa shape index (κ3) is 7.27. The van der Waals surface area contributed by atoms with Gasteiger partial charge in [0, 0.05) is 32.3 Å². The van der Waals surface area contributed by atoms with Gasteiger partial charge in [-0.25, -0.2) is 4.39 Å². The van der Waals surface area contributed by atoms with E-state index >= 15 is 0 Å². The molecular weight excluding hydrogens is 423 g/mol. The van der Waals surface area contributed by atoms with E-state index < -0.39 is 5.97 Å². The van der Waals surface area contributed by atoms with Gasteiger partial charge < -0.3 is 14.5 Å². The van der Waals surface area contributed by atoms with Gasteiger partial charge in [0.15, 0.2) is 6.61 Å². The standard InChI is InChI=1S/C26H29FN2O4/c1-2-28(18-21-9-6-10-23(27)17-21)25(31)19-33-26(32)22-13-15-29(16-14-22)24(30)12-11-20-7-4-3-5-8-20/h3-12,17,22H,2,13-16,18-19H2,1H3/b12-11+. The number of hydrogen-bond acceptors (Lipinski definition) is 4. The van der Waals surface area contributed by atoms with Crippen molar-refractivity contribution in [3.05, 3.63) is 77.6 Å². The highest BCUT2D eigenvalue weighted by Crippen LogP contribution is 2.19. The molecule has 1 aliphatic heterocycles. The number of likely N-dealkylation sites (tertiary alicyclic amines) is 1. The summed E-state index contributed by atoms with van der Waals surface area (Å²) in [5.41, 5.74) is 1.63. The molecular formula is C26H29FN2O4. The molecule has 0 aromatic heterocycles. The molecule has 1 aliphatic rings. The highest BCUT2D eigenvalue weighted by Gasteiger charge is 2.28. The van der Waals surface area contributed by atoms with Crippen LogP contribution in [0.3, 0.4) is 0 Å². The summed E-state index contributed by atoms with van der Waals surface area (Å²) in [6, 6.07) is 15.7. The van der Waals surface area contributed by atoms with Crippen molar-refractivity contribution in [2.75, 3.05) is 26.2 Å². The van der Waals surface area contributed by atoms with Crippen molar-refractivity contribution in [2.24, 2.45) is 5.92 Å². The second kappa shape index (κ2) is 11.9. The Kier molecular flexibility index (Phi) is 8.75. The normalized spacial score (nSPS) is 14.3. The fourth-order valence-corrected chi connectivity index (χ4v) is 3.75. The maximum absolute atomic E-state index is 13.4. The Morgan fingerprint density at radius 1 is 1.09 bits per heavy atom. The quantitative estimate of drug-likeness (QED) is 0.453. The molecule has 1 saturated heterocycles. The minimum absolute atomic E-state index is 0.0863. The lowest BCUT2D eigenvalue weighted by Crippen LogP contribution is -2.40. The van der Waals surface area contributed by atoms with Gasteiger partial charge in [-0.2, -0.15) is 0 Å². The maximum atomic E-state index is 13.4. The zero-order valence-corrected chi connectivity index (χ0v) is 18.8. The van der Waals surface area contributed by atoms with E-state index in [1.165, 1.54) is 17.0 Å². The van der Waals surface area contributed by atoms with Gasteiger partial charge in [-0.15, -0.1) is 0 Å². The van der Waals surface area contributed by atoms with Gasteiger partial charge in [0.2, 0.25) is 5.91 Å². The molecule has 0 N–H and O–H groups in total. The lowest BCUT2D eigenvalue weighted by molar-refractivity contribution is -0.157. The Hall–Kier alpha value is -3.48. The average Bonchev–Trinajstić information content (AvgIpc) is 2.85. The monoisotopic (exact) mass is 452 g/mol. The highest BCUT2D eigenvalue weighted by atomic mass is 19.1. The Morgan fingerprint density at radius 2 is 1.82 bits per heavy atom. The third-order valence-corrected chi connectivity index (χ3v) is 5.69. The smallest absolute Gasteiger partial charge is 0.309 e. The molecule has 6 nitrogen and oxygen atoms in total. The fourth-order valence-electron chi connectivity index (χ4n) is 3.75. The summed E-state index contributed by atoms with van der Waals surface area (Å²) in [4.78, 5) is 40.5. The number of nitrogens with zero attached hydrogens (tertiary/aromatic N) is 2. The molecule has 1 fully saturated rings. The van der Waals surface area contributed by atoms with Crippen LogP contribution in [-0.2, 0) is 25.7 Å². The van der Waals surface area contributed by atoms with Crippen molar-refractivity contribution in [2.45, 2.75) is 26.3 Å². The van der Waals surface area contributed by atoms with E-state index in [2.05, 4.69) is 0 Å². The third-order valence-electron chi connectivity index (χ3n) is 5.69. The van der Waals surface area contributed by atoms with Crippen LogP contribution in [0.25, 0.3) is 6.08 Å². The zero-order valence-electron chi connectivity index (χ0n) is 18.8. The van der Waals surface area contributed by atoms with Crippen molar-refractivity contribution in [1.29, 1.82) is 0 Å². The number of hydrogen-bond donors (Lipinski definition) is 0. The highest BCUT2D eigenvalue weighted by molar-refractivity contribution is 5.92. The minimum Gasteiger partial charge on any atom is -0.455 e. The number of halogens is 1. The summed E-state index contributed by atoms with van der Waals surface area (Å²) in [5.74, 6) is -1.52. The largest absolute Gasteiger partial charge is 0.455 e. The number of amides is 2. The predicted octanol–water partition coefficient (Wildman–Crippen LogP) is 3.67. The van der Waals surface area contributed by atoms with Crippen LogP contribution in [0.5, 0.6) is 0 Å². The summed E-state index contributed by atoms with van der Waals surface area (Å²) in [7, 11) is 0. The molecule has 2 amide bonds. The summed E-state index contributed by atoms with van der Waals surface area (Å²) < 4.78 is 18.6. The van der Waals surface area contributed by atoms with Crippen LogP contribution >= 0.6 is 0 Å². The van der Waals surface area contributed by atoms with Crippen LogP contribution < -0.4 is 0 Å². The first-order chi connectivity index (χ1) is 16.0. The topological polar surface area (TPSA) is 66.9 Å². The Labute approximate surface area is 193 Å². The van der Waals surface area contributed by atoms with Crippen LogP contribution in [0.2, 0.25) is 0 Å². The molecule has 0 aliphatic carbocycles. The number of esters is 1. The van der Waals surface area contributed by atoms with Crippen LogP contribution in [-0.4, -0.2) is 53.8 Å². The molecule has 0 saturated carbocycles. The fraction of sp³-hybridized carbons (Fsp3) is 0.346. The van der Waals surface area contributed by atoms with Gasteiger partial charge in [0.1, 0.15) is 5.82 Å². The molecule has 174 valence electrons. The van der Waals surface area contributed by atoms with Crippen molar-refractivity contribution in [3.63, 3.8) is 0 Å². The Bertz CT molecular complexity index is 985. The molecule has 7 heteroatoms. The molecule has 2 aromatic rings. The summed E-state index contributed by atoms with van der Waals surface area (Å²) >= 11 is 0. The molecule has 2 aromatic carbocycles. The minimum atomic E-state index is -0.419. The summed E-state index contributed by atoms with van der Waals surface area (Å²) in [6.45, 7) is 3.07. The maximum Gasteiger partial charge on any atom is 0.309 e. The first-order valence-electron chi connectivity index (χ1n) is 11.2. The number of piperidine rings is 1. The number of benzene rings is 2. The van der Waals surface area contributed by atoms with E-state index in [0.29, 0.717) is 38.0 Å². The Balaban J connectivity index is 1.42. The van der Waals surface area contributed by atoms with E-state index in [4.69, 9.17) is 4.74 Å². The molecule has 1 heterocycles. The molecule has 0 atom stereocenters. The van der Waals surface area contributed by atoms with E-state index in [9.17, 15) is 18.8 Å². The van der Waals surface area contributed by atoms with E-state index in [-0.39, 0.29) is 36.7 Å². The van der Waals surface area contributed by atoms with Crippen LogP contribution in [0.1, 0.15) is 30.9 Å². The van der Waals surface area contributed by atoms with Crippen LogP contribution in [0, 0.1) is 11.7 Å². The SMILES string of the molecule is CCN(Cc1cccc(F)c1)C(=O)COC(=O)C1CCN(C(=O)/C=C/c2ccccc2)CC1. The van der Waals surface area contributed by atoms with Gasteiger partial charge in [0.05, 0.1) is 5.92 Å². The number of rotatable bonds is 8. The zero-order chi connectivity index (χ0) is 23.6. The first-order valence-corrected chi connectivity index (χ1v) is 11.2. The lowest BCUT2D eigenvalue weighted by atomic mass is 9.97. The van der Waals surface area contributed by atoms with Crippen LogP contribution in [0.15, 0.2) is 60.7 Å². The lowest BCUT2D eigenvalue weighted by Gasteiger charge is -2.30. The summed E-state index contributed by atoms with van der Waals surface area (Å²) in [5, 5.41) is 0. The second-order valence-electron chi connectivity index (χ2n) is 7.99. The molecule has 33 heavy (non-hydrogen) atoms. The molecule has 0 unspecified atom stereocenters. The van der Waals surface area contributed by atoms with Crippen molar-refractivity contribution in [3.8, 4) is 0 Å². The predicted molar refractivity (Wildman–Crippen MR) is 123 cm³/mol. The van der Waals surface area contributed by atoms with Gasteiger partial charge in [0.25, 0.3) is 5.91 Å². The van der Waals surface area contributed by atoms with Gasteiger partial charge in [-0.1, -0.05) is 42.5 Å². The van der Waals surface area contributed by atoms with Crippen molar-refractivity contribution < 1.29 is 23.5 Å².